The van der Waals surface area contributed by atoms with Crippen molar-refractivity contribution < 1.29 is 15.1 Å². The van der Waals surface area contributed by atoms with Gasteiger partial charge in [-0.15, -0.1) is 0 Å². The van der Waals surface area contributed by atoms with Crippen molar-refractivity contribution in [1.29, 1.82) is 0 Å². The predicted molar refractivity (Wildman–Crippen MR) is 23.9 cm³/mol. The van der Waals surface area contributed by atoms with Gasteiger partial charge in [-0.3, -0.25) is 0 Å². The van der Waals surface area contributed by atoms with Crippen LogP contribution in [0.25, 0.3) is 0 Å². The van der Waals surface area contributed by atoms with Gasteiger partial charge in [-0.25, -0.2) is 0 Å². The zero-order chi connectivity index (χ0) is 3.58. The van der Waals surface area contributed by atoms with Crippen LogP contribution in [0.3, 0.4) is 0 Å². The van der Waals surface area contributed by atoms with Crippen LogP contribution in [0.4, 0.5) is 0 Å². The summed E-state index contributed by atoms with van der Waals surface area (Å²) in [5.41, 5.74) is 0. The largest absolute Gasteiger partial charge is 0.631 e. The van der Waals surface area contributed by atoms with Gasteiger partial charge in [0.05, 0.1) is 0 Å². The van der Waals surface area contributed by atoms with Gasteiger partial charge in [0.1, 0.15) is 0 Å². The Morgan fingerprint density at radius 1 is 0.833 bits per heavy atom. The molecule has 3 N–H and O–H groups in total. The van der Waals surface area contributed by atoms with Crippen LogP contribution in [0, 0.1) is 0 Å². The van der Waals surface area contributed by atoms with Gasteiger partial charge in [-0.1, -0.05) is 0 Å². The minimum Gasteiger partial charge on any atom is -0.402 e. The molecule has 2 radical (unpaired) electrons. The molecule has 6 heteroatoms. The Labute approximate surface area is 76.2 Å². The van der Waals surface area contributed by atoms with Gasteiger partial charge in [0, 0.05) is 54.6 Å². The average Bonchev–Trinajstić information content (AvgIpc) is 0.811. The molecule has 3 nitrogen and oxygen atoms in total. The molecule has 0 heterocycles. The van der Waals surface area contributed by atoms with Crippen molar-refractivity contribution >= 4 is 61.9 Å². The fourth-order valence-electron chi connectivity index (χ4n) is 0. The van der Waals surface area contributed by atoms with E-state index in [9.17, 15) is 0 Å². The number of hydrogen-bond acceptors (Lipinski definition) is 3. The van der Waals surface area contributed by atoms with E-state index < -0.39 is 7.32 Å². The molecule has 0 aromatic heterocycles. The van der Waals surface area contributed by atoms with Crippen molar-refractivity contribution in [3.05, 3.63) is 0 Å². The van der Waals surface area contributed by atoms with Crippen molar-refractivity contribution in [1.82, 2.24) is 0 Å². The predicted octanol–water partition coefficient (Wildman–Crippen LogP) is -2.81. The first-order valence-electron chi connectivity index (χ1n) is 0.775. The summed E-state index contributed by atoms with van der Waals surface area (Å²) in [6.45, 7) is 0. The molecule has 0 spiro atoms. The molecule has 0 bridgehead atoms. The van der Waals surface area contributed by atoms with Crippen LogP contribution in [0.2, 0.25) is 0 Å². The second kappa shape index (κ2) is 9.92. The van der Waals surface area contributed by atoms with E-state index in [4.69, 9.17) is 15.1 Å². The zero-order valence-corrected chi connectivity index (χ0v) is 12.1. The summed E-state index contributed by atoms with van der Waals surface area (Å²) in [6.07, 6.45) is 0. The molecular weight excluding hydrogens is 468 g/mol. The fraction of sp³-hybridized carbons (Fsp3) is 0. The molecule has 0 amide bonds. The molecule has 6 heavy (non-hydrogen) atoms. The molecular formula is H3BO3Tl2. The maximum atomic E-state index is 7.17. The Morgan fingerprint density at radius 2 is 0.833 bits per heavy atom. The van der Waals surface area contributed by atoms with E-state index in [0.717, 1.165) is 0 Å². The van der Waals surface area contributed by atoms with Crippen molar-refractivity contribution in [2.75, 3.05) is 0 Å². The smallest absolute Gasteiger partial charge is 0.402 e. The normalized spacial score (nSPS) is 4.50. The zero-order valence-electron chi connectivity index (χ0n) is 3.07. The second-order valence-electron chi connectivity index (χ2n) is 0.346. The molecule has 0 aliphatic rings. The molecule has 0 aliphatic carbocycles. The third kappa shape index (κ3) is 41.5. The average molecular weight is 471 g/mol. The van der Waals surface area contributed by atoms with E-state index in [1.807, 2.05) is 0 Å². The quantitative estimate of drug-likeness (QED) is 0.335. The molecule has 0 rings (SSSR count). The first-order valence-corrected chi connectivity index (χ1v) is 0.775. The van der Waals surface area contributed by atoms with Crippen molar-refractivity contribution in [3.8, 4) is 0 Å². The van der Waals surface area contributed by atoms with Crippen LogP contribution >= 0.6 is 0 Å². The van der Waals surface area contributed by atoms with Gasteiger partial charge in [0.2, 0.25) is 0 Å². The third-order valence-corrected chi connectivity index (χ3v) is 0. The molecule has 0 aliphatic heterocycles. The third-order valence-electron chi connectivity index (χ3n) is 0. The molecule has 0 saturated carbocycles. The maximum Gasteiger partial charge on any atom is 0.631 e. The molecule has 0 fully saturated rings. The van der Waals surface area contributed by atoms with E-state index in [1.165, 1.54) is 0 Å². The number of hydrogen-bond donors (Lipinski definition) is 3. The summed E-state index contributed by atoms with van der Waals surface area (Å²) in [7, 11) is -2.17. The Bertz CT molecular complexity index is 13.5. The molecule has 30 valence electrons. The Balaban J connectivity index is -0.0000000450. The molecule has 0 atom stereocenters. The summed E-state index contributed by atoms with van der Waals surface area (Å²) in [6, 6.07) is 0. The summed E-state index contributed by atoms with van der Waals surface area (Å²) < 4.78 is 0. The topological polar surface area (TPSA) is 60.7 Å². The van der Waals surface area contributed by atoms with Crippen molar-refractivity contribution in [2.45, 2.75) is 0 Å². The van der Waals surface area contributed by atoms with Crippen molar-refractivity contribution in [2.24, 2.45) is 0 Å². The standard InChI is InChI=1S/BH3O3.2Tl/c2-1(3)4;;/h2-4H;;. The van der Waals surface area contributed by atoms with Gasteiger partial charge >= 0.3 is 7.32 Å². The fourth-order valence-corrected chi connectivity index (χ4v) is 0. The van der Waals surface area contributed by atoms with Crippen LogP contribution in [-0.2, 0) is 0 Å². The van der Waals surface area contributed by atoms with Gasteiger partial charge in [0.15, 0.2) is 0 Å². The minimum absolute atomic E-state index is 0. The van der Waals surface area contributed by atoms with Crippen molar-refractivity contribution in [3.63, 3.8) is 0 Å². The Kier molecular flexibility index (Phi) is 25.9. The van der Waals surface area contributed by atoms with E-state index in [-0.39, 0.29) is 54.6 Å². The van der Waals surface area contributed by atoms with E-state index in [0.29, 0.717) is 0 Å². The SMILES string of the molecule is OB(O)O.[Tl].[Tl]. The monoisotopic (exact) mass is 472 g/mol. The van der Waals surface area contributed by atoms with Crippen LogP contribution in [0.15, 0.2) is 0 Å². The molecule has 0 aromatic rings. The van der Waals surface area contributed by atoms with Crippen LogP contribution in [0.1, 0.15) is 0 Å². The van der Waals surface area contributed by atoms with E-state index >= 15 is 0 Å². The Hall–Kier alpha value is 1.79. The molecule has 0 unspecified atom stereocenters. The summed E-state index contributed by atoms with van der Waals surface area (Å²) in [5, 5.41) is 21.5. The van der Waals surface area contributed by atoms with Crippen LogP contribution < -0.4 is 0 Å². The maximum absolute atomic E-state index is 7.17. The van der Waals surface area contributed by atoms with Gasteiger partial charge in [0.25, 0.3) is 0 Å². The van der Waals surface area contributed by atoms with Gasteiger partial charge in [-0.2, -0.15) is 0 Å². The van der Waals surface area contributed by atoms with E-state index in [1.54, 1.807) is 0 Å². The number of rotatable bonds is 0. The summed E-state index contributed by atoms with van der Waals surface area (Å²) >= 11 is 0. The minimum atomic E-state index is -2.17. The molecule has 0 saturated heterocycles. The molecule has 0 aromatic carbocycles. The van der Waals surface area contributed by atoms with E-state index in [2.05, 4.69) is 0 Å². The summed E-state index contributed by atoms with van der Waals surface area (Å²) in [4.78, 5) is 0. The van der Waals surface area contributed by atoms with Crippen LogP contribution in [0.5, 0.6) is 0 Å². The first-order chi connectivity index (χ1) is 1.73. The van der Waals surface area contributed by atoms with Gasteiger partial charge < -0.3 is 15.1 Å². The van der Waals surface area contributed by atoms with Gasteiger partial charge in [-0.05, 0) is 0 Å². The van der Waals surface area contributed by atoms with Crippen LogP contribution in [-0.4, -0.2) is 77.0 Å². The second-order valence-corrected chi connectivity index (χ2v) is 0.346. The first kappa shape index (κ1) is 15.7. The Morgan fingerprint density at radius 3 is 0.833 bits per heavy atom. The summed E-state index contributed by atoms with van der Waals surface area (Å²) in [5.74, 6) is 0.